The maximum absolute atomic E-state index is 11.1. The Morgan fingerprint density at radius 1 is 1.31 bits per heavy atom. The van der Waals surface area contributed by atoms with Gasteiger partial charge >= 0.3 is 0 Å². The van der Waals surface area contributed by atoms with E-state index in [-0.39, 0.29) is 11.2 Å². The van der Waals surface area contributed by atoms with Gasteiger partial charge in [-0.3, -0.25) is 4.79 Å². The van der Waals surface area contributed by atoms with Crippen molar-refractivity contribution in [3.05, 3.63) is 58.8 Å². The Morgan fingerprint density at radius 3 is 2.69 bits per heavy atom. The van der Waals surface area contributed by atoms with Crippen LogP contribution in [0.5, 0.6) is 5.75 Å². The van der Waals surface area contributed by atoms with Crippen molar-refractivity contribution in [1.82, 2.24) is 0 Å². The molecule has 1 aromatic carbocycles. The molecule has 0 unspecified atom stereocenters. The molecule has 1 N–H and O–H groups in total. The van der Waals surface area contributed by atoms with Gasteiger partial charge in [-0.2, -0.15) is 0 Å². The van der Waals surface area contributed by atoms with Crippen LogP contribution in [0.25, 0.3) is 6.08 Å². The van der Waals surface area contributed by atoms with E-state index in [0.717, 1.165) is 0 Å². The first-order valence-corrected chi connectivity index (χ1v) is 3.87. The van der Waals surface area contributed by atoms with Crippen LogP contribution in [0.1, 0.15) is 5.56 Å². The van der Waals surface area contributed by atoms with E-state index in [1.807, 2.05) is 0 Å². The molecule has 1 rings (SSSR count). The lowest BCUT2D eigenvalue weighted by Gasteiger charge is -1.89. The first kappa shape index (κ1) is 9.26. The zero-order chi connectivity index (χ0) is 9.68. The summed E-state index contributed by atoms with van der Waals surface area (Å²) < 4.78 is 0. The molecule has 0 saturated heterocycles. The van der Waals surface area contributed by atoms with Crippen LogP contribution >= 0.6 is 0 Å². The molecule has 1 aromatic rings. The van der Waals surface area contributed by atoms with Crippen molar-refractivity contribution in [2.75, 3.05) is 0 Å². The first-order chi connectivity index (χ1) is 6.25. The molecule has 0 aliphatic rings. The van der Waals surface area contributed by atoms with Gasteiger partial charge in [0.15, 0.2) is 5.75 Å². The van der Waals surface area contributed by atoms with Crippen molar-refractivity contribution in [3.63, 3.8) is 0 Å². The molecule has 13 heavy (non-hydrogen) atoms. The highest BCUT2D eigenvalue weighted by molar-refractivity contribution is 5.56. The van der Waals surface area contributed by atoms with Crippen LogP contribution in [0.15, 0.2) is 47.8 Å². The largest absolute Gasteiger partial charge is 0.504 e. The van der Waals surface area contributed by atoms with E-state index in [9.17, 15) is 9.90 Å². The molecule has 0 atom stereocenters. The monoisotopic (exact) mass is 174 g/mol. The average molecular weight is 174 g/mol. The molecule has 0 radical (unpaired) electrons. The minimum absolute atomic E-state index is 0.233. The summed E-state index contributed by atoms with van der Waals surface area (Å²) in [5.41, 5.74) is 0.114. The average Bonchev–Trinajstić information content (AvgIpc) is 2.28. The number of hydrogen-bond donors (Lipinski definition) is 1. The molecule has 0 fully saturated rings. The fourth-order valence-electron chi connectivity index (χ4n) is 0.909. The Balaban J connectivity index is 3.31. The molecule has 0 amide bonds. The third-order valence-corrected chi connectivity index (χ3v) is 1.55. The highest BCUT2D eigenvalue weighted by Gasteiger charge is 1.97. The van der Waals surface area contributed by atoms with Crippen molar-refractivity contribution in [3.8, 4) is 5.75 Å². The zero-order valence-electron chi connectivity index (χ0n) is 7.10. The number of aromatic hydroxyl groups is 1. The SMILES string of the molecule is C=C/C=C/c1ccccc(=O)c1O. The maximum atomic E-state index is 11.1. The summed E-state index contributed by atoms with van der Waals surface area (Å²) in [7, 11) is 0. The van der Waals surface area contributed by atoms with E-state index in [2.05, 4.69) is 6.58 Å². The number of hydrogen-bond acceptors (Lipinski definition) is 2. The third-order valence-electron chi connectivity index (χ3n) is 1.55. The van der Waals surface area contributed by atoms with E-state index in [0.29, 0.717) is 5.56 Å². The van der Waals surface area contributed by atoms with Gasteiger partial charge in [0, 0.05) is 5.56 Å². The molecule has 2 nitrogen and oxygen atoms in total. The summed E-state index contributed by atoms with van der Waals surface area (Å²) in [6.45, 7) is 3.50. The molecular formula is C11H10O2. The lowest BCUT2D eigenvalue weighted by atomic mass is 10.2. The van der Waals surface area contributed by atoms with E-state index < -0.39 is 0 Å². The number of allylic oxidation sites excluding steroid dienone is 2. The van der Waals surface area contributed by atoms with E-state index in [1.165, 1.54) is 6.07 Å². The Morgan fingerprint density at radius 2 is 2.00 bits per heavy atom. The van der Waals surface area contributed by atoms with Crippen LogP contribution in [-0.2, 0) is 0 Å². The highest BCUT2D eigenvalue weighted by Crippen LogP contribution is 2.10. The summed E-state index contributed by atoms with van der Waals surface area (Å²) in [4.78, 5) is 11.1. The fourth-order valence-corrected chi connectivity index (χ4v) is 0.909. The van der Waals surface area contributed by atoms with Gasteiger partial charge in [0.25, 0.3) is 0 Å². The van der Waals surface area contributed by atoms with Crippen molar-refractivity contribution in [1.29, 1.82) is 0 Å². The van der Waals surface area contributed by atoms with Gasteiger partial charge in [0.2, 0.25) is 5.43 Å². The quantitative estimate of drug-likeness (QED) is 0.696. The van der Waals surface area contributed by atoms with Crippen LogP contribution in [0.3, 0.4) is 0 Å². The molecule has 0 heterocycles. The lowest BCUT2D eigenvalue weighted by Crippen LogP contribution is -1.93. The molecule has 66 valence electrons. The van der Waals surface area contributed by atoms with Crippen LogP contribution in [-0.4, -0.2) is 5.11 Å². The standard InChI is InChI=1S/C11H10O2/c1-2-3-6-9-7-4-5-8-10(12)11(9)13/h2-8H,1H2,(H,12,13)/b6-3+. The predicted octanol–water partition coefficient (Wildman–Crippen LogP) is 1.95. The summed E-state index contributed by atoms with van der Waals surface area (Å²) in [5.74, 6) is -0.233. The van der Waals surface area contributed by atoms with Crippen molar-refractivity contribution in [2.45, 2.75) is 0 Å². The van der Waals surface area contributed by atoms with Crippen molar-refractivity contribution < 1.29 is 5.11 Å². The van der Waals surface area contributed by atoms with Gasteiger partial charge in [-0.05, 0) is 6.07 Å². The molecular weight excluding hydrogens is 164 g/mol. The van der Waals surface area contributed by atoms with Crippen LogP contribution in [0.2, 0.25) is 0 Å². The van der Waals surface area contributed by atoms with Crippen molar-refractivity contribution >= 4 is 6.08 Å². The Labute approximate surface area is 76.5 Å². The Hall–Kier alpha value is -1.83. The van der Waals surface area contributed by atoms with Crippen LogP contribution < -0.4 is 5.43 Å². The second-order valence-corrected chi connectivity index (χ2v) is 2.48. The second-order valence-electron chi connectivity index (χ2n) is 2.48. The minimum atomic E-state index is -0.381. The van der Waals surface area contributed by atoms with Gasteiger partial charge in [-0.15, -0.1) is 0 Å². The van der Waals surface area contributed by atoms with Gasteiger partial charge in [0.1, 0.15) is 0 Å². The second kappa shape index (κ2) is 4.26. The molecule has 0 bridgehead atoms. The molecule has 0 aliphatic heterocycles. The molecule has 0 spiro atoms. The van der Waals surface area contributed by atoms with Gasteiger partial charge in [-0.25, -0.2) is 0 Å². The number of rotatable bonds is 2. The molecule has 0 aromatic heterocycles. The summed E-state index contributed by atoms with van der Waals surface area (Å²) in [6.07, 6.45) is 4.87. The van der Waals surface area contributed by atoms with Gasteiger partial charge in [-0.1, -0.05) is 43.0 Å². The lowest BCUT2D eigenvalue weighted by molar-refractivity contribution is 0.470. The zero-order valence-corrected chi connectivity index (χ0v) is 7.10. The fraction of sp³-hybridized carbons (Fsp3) is 0. The summed E-state index contributed by atoms with van der Waals surface area (Å²) in [6, 6.07) is 6.27. The van der Waals surface area contributed by atoms with Crippen LogP contribution in [0, 0.1) is 0 Å². The van der Waals surface area contributed by atoms with Crippen LogP contribution in [0.4, 0.5) is 0 Å². The Bertz CT molecular complexity index is 392. The van der Waals surface area contributed by atoms with E-state index in [4.69, 9.17) is 0 Å². The van der Waals surface area contributed by atoms with Crippen molar-refractivity contribution in [2.24, 2.45) is 0 Å². The first-order valence-electron chi connectivity index (χ1n) is 3.87. The summed E-state index contributed by atoms with van der Waals surface area (Å²) in [5, 5.41) is 9.39. The van der Waals surface area contributed by atoms with Gasteiger partial charge < -0.3 is 5.11 Å². The van der Waals surface area contributed by atoms with E-state index >= 15 is 0 Å². The highest BCUT2D eigenvalue weighted by atomic mass is 16.3. The maximum Gasteiger partial charge on any atom is 0.220 e. The Kier molecular flexibility index (Phi) is 3.03. The summed E-state index contributed by atoms with van der Waals surface area (Å²) >= 11 is 0. The normalized spacial score (nSPS) is 10.2. The molecule has 2 heteroatoms. The topological polar surface area (TPSA) is 37.3 Å². The van der Waals surface area contributed by atoms with Gasteiger partial charge in [0.05, 0.1) is 0 Å². The van der Waals surface area contributed by atoms with E-state index in [1.54, 1.807) is 36.4 Å². The smallest absolute Gasteiger partial charge is 0.220 e. The third kappa shape index (κ3) is 2.30. The minimum Gasteiger partial charge on any atom is -0.504 e. The predicted molar refractivity (Wildman–Crippen MR) is 53.6 cm³/mol. The molecule has 0 aliphatic carbocycles. The molecule has 0 saturated carbocycles.